The summed E-state index contributed by atoms with van der Waals surface area (Å²) >= 11 is 0. The summed E-state index contributed by atoms with van der Waals surface area (Å²) in [5.74, 6) is 0.586. The number of aromatic nitrogens is 3. The van der Waals surface area contributed by atoms with Gasteiger partial charge in [0.25, 0.3) is 0 Å². The fourth-order valence-electron chi connectivity index (χ4n) is 1.72. The molecule has 100 valence electrons. The molecule has 0 saturated carbocycles. The van der Waals surface area contributed by atoms with E-state index < -0.39 is 0 Å². The first kappa shape index (κ1) is 13.4. The van der Waals surface area contributed by atoms with Gasteiger partial charge >= 0.3 is 0 Å². The fourth-order valence-corrected chi connectivity index (χ4v) is 1.72. The van der Waals surface area contributed by atoms with Crippen molar-refractivity contribution in [1.82, 2.24) is 20.3 Å². The van der Waals surface area contributed by atoms with Crippen LogP contribution in [0.3, 0.4) is 0 Å². The van der Waals surface area contributed by atoms with Crippen LogP contribution in [0.2, 0.25) is 0 Å². The predicted octanol–water partition coefficient (Wildman–Crippen LogP) is 1.60. The van der Waals surface area contributed by atoms with Crippen molar-refractivity contribution in [2.24, 2.45) is 0 Å². The van der Waals surface area contributed by atoms with Gasteiger partial charge in [0.2, 0.25) is 5.88 Å². The van der Waals surface area contributed by atoms with Gasteiger partial charge in [-0.25, -0.2) is 4.98 Å². The van der Waals surface area contributed by atoms with Crippen LogP contribution in [-0.2, 0) is 13.0 Å². The van der Waals surface area contributed by atoms with Crippen molar-refractivity contribution in [3.8, 4) is 5.88 Å². The zero-order chi connectivity index (χ0) is 13.3. The van der Waals surface area contributed by atoms with Crippen LogP contribution >= 0.6 is 0 Å². The molecule has 0 amide bonds. The average molecular weight is 258 g/mol. The zero-order valence-electron chi connectivity index (χ0n) is 11.0. The number of nitrogens with one attached hydrogen (secondary N) is 1. The molecule has 0 aliphatic rings. The predicted molar refractivity (Wildman–Crippen MR) is 72.8 cm³/mol. The van der Waals surface area contributed by atoms with Crippen molar-refractivity contribution in [3.05, 3.63) is 48.2 Å². The molecule has 0 fully saturated rings. The number of hydrogen-bond acceptors (Lipinski definition) is 5. The van der Waals surface area contributed by atoms with Gasteiger partial charge in [-0.15, -0.1) is 0 Å². The van der Waals surface area contributed by atoms with Gasteiger partial charge in [0.15, 0.2) is 0 Å². The number of hydrogen-bond donors (Lipinski definition) is 1. The lowest BCUT2D eigenvalue weighted by Gasteiger charge is -2.06. The summed E-state index contributed by atoms with van der Waals surface area (Å²) in [7, 11) is 1.88. The maximum atomic E-state index is 5.60. The van der Waals surface area contributed by atoms with Crippen molar-refractivity contribution in [1.29, 1.82) is 0 Å². The third kappa shape index (κ3) is 4.63. The maximum Gasteiger partial charge on any atom is 0.232 e. The Hall–Kier alpha value is -2.01. The van der Waals surface area contributed by atoms with E-state index in [9.17, 15) is 0 Å². The minimum absolute atomic E-state index is 0.586. The standard InChI is InChI=1S/C14H18N4O/c1-15-9-13-10-17-11-14(18-13)19-8-2-3-12-4-6-16-7-5-12/h4-7,10-11,15H,2-3,8-9H2,1H3. The molecule has 2 heterocycles. The second kappa shape index (κ2) is 7.43. The monoisotopic (exact) mass is 258 g/mol. The van der Waals surface area contributed by atoms with Crippen LogP contribution in [0.15, 0.2) is 36.9 Å². The van der Waals surface area contributed by atoms with Crippen molar-refractivity contribution in [2.75, 3.05) is 13.7 Å². The number of pyridine rings is 1. The van der Waals surface area contributed by atoms with Gasteiger partial charge in [-0.2, -0.15) is 0 Å². The van der Waals surface area contributed by atoms with E-state index in [1.807, 2.05) is 31.6 Å². The molecule has 0 aliphatic carbocycles. The molecule has 2 aromatic heterocycles. The minimum Gasteiger partial charge on any atom is -0.477 e. The topological polar surface area (TPSA) is 59.9 Å². The van der Waals surface area contributed by atoms with Gasteiger partial charge in [-0.05, 0) is 37.6 Å². The molecule has 0 aromatic carbocycles. The van der Waals surface area contributed by atoms with Gasteiger partial charge in [-0.3, -0.25) is 9.97 Å². The number of rotatable bonds is 7. The van der Waals surface area contributed by atoms with Crippen LogP contribution in [-0.4, -0.2) is 28.6 Å². The Balaban J connectivity index is 1.75. The van der Waals surface area contributed by atoms with Crippen molar-refractivity contribution < 1.29 is 4.74 Å². The zero-order valence-corrected chi connectivity index (χ0v) is 11.0. The summed E-state index contributed by atoms with van der Waals surface area (Å²) in [6.07, 6.45) is 8.92. The molecule has 5 nitrogen and oxygen atoms in total. The Bertz CT molecular complexity index is 490. The van der Waals surface area contributed by atoms with E-state index in [0.29, 0.717) is 19.0 Å². The smallest absolute Gasteiger partial charge is 0.232 e. The highest BCUT2D eigenvalue weighted by Gasteiger charge is 1.99. The Morgan fingerprint density at radius 1 is 1.16 bits per heavy atom. The Kier molecular flexibility index (Phi) is 5.25. The Morgan fingerprint density at radius 3 is 2.79 bits per heavy atom. The van der Waals surface area contributed by atoms with Crippen LogP contribution in [0.5, 0.6) is 5.88 Å². The molecule has 0 unspecified atom stereocenters. The van der Waals surface area contributed by atoms with Crippen LogP contribution < -0.4 is 10.1 Å². The van der Waals surface area contributed by atoms with E-state index in [0.717, 1.165) is 18.5 Å². The lowest BCUT2D eigenvalue weighted by molar-refractivity contribution is 0.297. The van der Waals surface area contributed by atoms with Crippen molar-refractivity contribution in [2.45, 2.75) is 19.4 Å². The summed E-state index contributed by atoms with van der Waals surface area (Å²) in [6.45, 7) is 1.33. The molecule has 2 rings (SSSR count). The third-order valence-corrected chi connectivity index (χ3v) is 2.63. The highest BCUT2D eigenvalue weighted by atomic mass is 16.5. The molecule has 0 aliphatic heterocycles. The quantitative estimate of drug-likeness (QED) is 0.764. The van der Waals surface area contributed by atoms with Crippen LogP contribution in [0.4, 0.5) is 0 Å². The molecule has 2 aromatic rings. The fraction of sp³-hybridized carbons (Fsp3) is 0.357. The highest BCUT2D eigenvalue weighted by Crippen LogP contribution is 2.07. The number of aryl methyl sites for hydroxylation is 1. The summed E-state index contributed by atoms with van der Waals surface area (Å²) in [6, 6.07) is 4.04. The van der Waals surface area contributed by atoms with E-state index in [2.05, 4.69) is 20.3 Å². The lowest BCUT2D eigenvalue weighted by atomic mass is 10.1. The molecular formula is C14H18N4O. The molecular weight excluding hydrogens is 240 g/mol. The van der Waals surface area contributed by atoms with E-state index in [1.54, 1.807) is 12.4 Å². The molecule has 5 heteroatoms. The van der Waals surface area contributed by atoms with Crippen molar-refractivity contribution in [3.63, 3.8) is 0 Å². The molecule has 0 atom stereocenters. The van der Waals surface area contributed by atoms with Gasteiger partial charge in [0.05, 0.1) is 18.5 Å². The van der Waals surface area contributed by atoms with E-state index in [4.69, 9.17) is 4.74 Å². The molecule has 0 radical (unpaired) electrons. The van der Waals surface area contributed by atoms with Crippen LogP contribution in [0, 0.1) is 0 Å². The SMILES string of the molecule is CNCc1cncc(OCCCc2ccncc2)n1. The summed E-state index contributed by atoms with van der Waals surface area (Å²) in [4.78, 5) is 12.4. The average Bonchev–Trinajstić information content (AvgIpc) is 2.46. The molecule has 0 saturated heterocycles. The second-order valence-corrected chi connectivity index (χ2v) is 4.19. The normalized spacial score (nSPS) is 10.4. The highest BCUT2D eigenvalue weighted by molar-refractivity contribution is 5.10. The molecule has 0 bridgehead atoms. The molecule has 19 heavy (non-hydrogen) atoms. The van der Waals surface area contributed by atoms with E-state index >= 15 is 0 Å². The minimum atomic E-state index is 0.586. The Labute approximate surface area is 113 Å². The molecule has 0 spiro atoms. The van der Waals surface area contributed by atoms with E-state index in [-0.39, 0.29) is 0 Å². The first-order valence-corrected chi connectivity index (χ1v) is 6.35. The van der Waals surface area contributed by atoms with Crippen LogP contribution in [0.25, 0.3) is 0 Å². The largest absolute Gasteiger partial charge is 0.477 e. The first-order valence-electron chi connectivity index (χ1n) is 6.35. The van der Waals surface area contributed by atoms with Gasteiger partial charge in [0.1, 0.15) is 0 Å². The van der Waals surface area contributed by atoms with Crippen molar-refractivity contribution >= 4 is 0 Å². The van der Waals surface area contributed by atoms with Gasteiger partial charge in [0, 0.05) is 25.1 Å². The summed E-state index contributed by atoms with van der Waals surface area (Å²) < 4.78 is 5.60. The van der Waals surface area contributed by atoms with Gasteiger partial charge < -0.3 is 10.1 Å². The Morgan fingerprint density at radius 2 is 2.00 bits per heavy atom. The first-order chi connectivity index (χ1) is 9.38. The number of nitrogens with zero attached hydrogens (tertiary/aromatic N) is 3. The third-order valence-electron chi connectivity index (χ3n) is 2.63. The summed E-state index contributed by atoms with van der Waals surface area (Å²) in [5.41, 5.74) is 2.16. The van der Waals surface area contributed by atoms with Crippen LogP contribution in [0.1, 0.15) is 17.7 Å². The second-order valence-electron chi connectivity index (χ2n) is 4.19. The van der Waals surface area contributed by atoms with Gasteiger partial charge in [-0.1, -0.05) is 0 Å². The number of ether oxygens (including phenoxy) is 1. The maximum absolute atomic E-state index is 5.60. The molecule has 1 N–H and O–H groups in total. The summed E-state index contributed by atoms with van der Waals surface area (Å²) in [5, 5.41) is 3.04. The van der Waals surface area contributed by atoms with E-state index in [1.165, 1.54) is 5.56 Å². The lowest BCUT2D eigenvalue weighted by Crippen LogP contribution is -2.09.